The third-order valence-electron chi connectivity index (χ3n) is 7.61. The maximum absolute atomic E-state index is 11.7. The standard InChI is InChI=1S/C20H30O2.C2H7N/c1-13-10-16-11-15-12-17(21)6-5-14(15)7-9-20(16,22)18-4-3-8-19(13,18)2;1-3-2/h10-11,13-14,17-18,21-22H,3-9,12H2,1-2H3;3H,1-2H3/t13?,14?,17?,18?,19?,20-;/m1./s1. The van der Waals surface area contributed by atoms with Crippen LogP contribution in [0.5, 0.6) is 0 Å². The zero-order valence-electron chi connectivity index (χ0n) is 16.5. The zero-order chi connectivity index (χ0) is 18.2. The van der Waals surface area contributed by atoms with Crippen molar-refractivity contribution in [3.63, 3.8) is 0 Å². The Labute approximate surface area is 153 Å². The molecule has 0 spiro atoms. The Bertz CT molecular complexity index is 554. The first kappa shape index (κ1) is 19.1. The molecule has 2 fully saturated rings. The van der Waals surface area contributed by atoms with Crippen LogP contribution in [0.15, 0.2) is 23.3 Å². The van der Waals surface area contributed by atoms with Crippen LogP contribution in [-0.4, -0.2) is 36.0 Å². The van der Waals surface area contributed by atoms with Gasteiger partial charge in [0.2, 0.25) is 0 Å². The second kappa shape index (κ2) is 7.17. The fourth-order valence-electron chi connectivity index (χ4n) is 6.04. The summed E-state index contributed by atoms with van der Waals surface area (Å²) in [6.45, 7) is 4.73. The molecule has 0 aromatic rings. The molecule has 0 aromatic carbocycles. The topological polar surface area (TPSA) is 52.5 Å². The minimum atomic E-state index is -0.618. The number of nitrogens with one attached hydrogen (secondary N) is 1. The fourth-order valence-corrected chi connectivity index (χ4v) is 6.04. The Hall–Kier alpha value is -0.640. The number of aliphatic hydroxyl groups is 2. The van der Waals surface area contributed by atoms with Crippen molar-refractivity contribution in [2.45, 2.75) is 76.9 Å². The van der Waals surface area contributed by atoms with E-state index in [0.717, 1.165) is 32.1 Å². The Kier molecular flexibility index (Phi) is 5.49. The SMILES string of the molecule is CC1C=C2C=C3CC(O)CCC3CC[C@]2(O)C2CCCC12C.CNC. The van der Waals surface area contributed by atoms with Crippen LogP contribution in [0.2, 0.25) is 0 Å². The van der Waals surface area contributed by atoms with Crippen molar-refractivity contribution in [1.29, 1.82) is 0 Å². The minimum Gasteiger partial charge on any atom is -0.393 e. The predicted octanol–water partition coefficient (Wildman–Crippen LogP) is 3.82. The lowest BCUT2D eigenvalue weighted by Gasteiger charge is -2.50. The van der Waals surface area contributed by atoms with E-state index >= 15 is 0 Å². The van der Waals surface area contributed by atoms with E-state index in [4.69, 9.17) is 0 Å². The largest absolute Gasteiger partial charge is 0.393 e. The molecule has 0 amide bonds. The number of fused-ring (bicyclic) bond motifs is 4. The molecule has 0 radical (unpaired) electrons. The van der Waals surface area contributed by atoms with Crippen LogP contribution >= 0.6 is 0 Å². The number of allylic oxidation sites excluding steroid dienone is 1. The molecular formula is C22H37NO2. The maximum atomic E-state index is 11.7. The molecule has 0 heterocycles. The van der Waals surface area contributed by atoms with Gasteiger partial charge in [-0.05, 0) is 87.8 Å². The monoisotopic (exact) mass is 347 g/mol. The van der Waals surface area contributed by atoms with E-state index in [-0.39, 0.29) is 11.5 Å². The number of hydrogen-bond donors (Lipinski definition) is 3. The van der Waals surface area contributed by atoms with Crippen molar-refractivity contribution in [2.75, 3.05) is 14.1 Å². The van der Waals surface area contributed by atoms with Crippen LogP contribution in [0.1, 0.15) is 65.2 Å². The minimum absolute atomic E-state index is 0.174. The lowest BCUT2D eigenvalue weighted by Crippen LogP contribution is -2.50. The lowest BCUT2D eigenvalue weighted by molar-refractivity contribution is -0.0583. The van der Waals surface area contributed by atoms with Gasteiger partial charge < -0.3 is 15.5 Å². The van der Waals surface area contributed by atoms with Crippen molar-refractivity contribution in [1.82, 2.24) is 5.32 Å². The van der Waals surface area contributed by atoms with Gasteiger partial charge in [0.15, 0.2) is 0 Å². The van der Waals surface area contributed by atoms with Crippen molar-refractivity contribution in [2.24, 2.45) is 23.2 Å². The smallest absolute Gasteiger partial charge is 0.0927 e. The summed E-state index contributed by atoms with van der Waals surface area (Å²) in [5.74, 6) is 1.54. The average Bonchev–Trinajstić information content (AvgIpc) is 2.91. The first-order chi connectivity index (χ1) is 11.8. The van der Waals surface area contributed by atoms with Gasteiger partial charge in [-0.15, -0.1) is 0 Å². The highest BCUT2D eigenvalue weighted by Crippen LogP contribution is 2.60. The third-order valence-corrected chi connectivity index (χ3v) is 7.61. The van der Waals surface area contributed by atoms with Gasteiger partial charge in [0.05, 0.1) is 11.7 Å². The molecular weight excluding hydrogens is 310 g/mol. The van der Waals surface area contributed by atoms with Crippen LogP contribution in [0.3, 0.4) is 0 Å². The normalized spacial score (nSPS) is 45.7. The van der Waals surface area contributed by atoms with E-state index in [1.165, 1.54) is 30.4 Å². The second-order valence-corrected chi connectivity index (χ2v) is 9.18. The van der Waals surface area contributed by atoms with Crippen LogP contribution in [-0.2, 0) is 0 Å². The first-order valence-corrected chi connectivity index (χ1v) is 10.3. The summed E-state index contributed by atoms with van der Waals surface area (Å²) in [4.78, 5) is 0. The van der Waals surface area contributed by atoms with E-state index in [9.17, 15) is 10.2 Å². The van der Waals surface area contributed by atoms with Gasteiger partial charge in [0.25, 0.3) is 0 Å². The molecule has 5 unspecified atom stereocenters. The van der Waals surface area contributed by atoms with Crippen LogP contribution in [0.25, 0.3) is 0 Å². The summed E-state index contributed by atoms with van der Waals surface area (Å²) in [6.07, 6.45) is 13.0. The second-order valence-electron chi connectivity index (χ2n) is 9.18. The van der Waals surface area contributed by atoms with E-state index < -0.39 is 5.60 Å². The third kappa shape index (κ3) is 3.24. The van der Waals surface area contributed by atoms with Gasteiger partial charge in [0.1, 0.15) is 0 Å². The fraction of sp³-hybridized carbons (Fsp3) is 0.818. The molecule has 4 rings (SSSR count). The van der Waals surface area contributed by atoms with E-state index in [2.05, 4.69) is 31.3 Å². The average molecular weight is 348 g/mol. The molecule has 4 aliphatic carbocycles. The summed E-state index contributed by atoms with van der Waals surface area (Å²) in [5, 5.41) is 24.4. The summed E-state index contributed by atoms with van der Waals surface area (Å²) in [6, 6.07) is 0. The molecule has 6 atom stereocenters. The Balaban J connectivity index is 0.000000569. The van der Waals surface area contributed by atoms with Crippen molar-refractivity contribution >= 4 is 0 Å². The Morgan fingerprint density at radius 1 is 1.12 bits per heavy atom. The molecule has 25 heavy (non-hydrogen) atoms. The van der Waals surface area contributed by atoms with Gasteiger partial charge in [-0.2, -0.15) is 0 Å². The molecule has 3 heteroatoms. The van der Waals surface area contributed by atoms with E-state index in [1.54, 1.807) is 0 Å². The molecule has 4 aliphatic rings. The molecule has 3 nitrogen and oxygen atoms in total. The highest BCUT2D eigenvalue weighted by molar-refractivity contribution is 5.40. The van der Waals surface area contributed by atoms with E-state index in [0.29, 0.717) is 17.8 Å². The first-order valence-electron chi connectivity index (χ1n) is 10.3. The van der Waals surface area contributed by atoms with Crippen molar-refractivity contribution in [3.05, 3.63) is 23.3 Å². The van der Waals surface area contributed by atoms with Gasteiger partial charge in [-0.3, -0.25) is 0 Å². The highest BCUT2D eigenvalue weighted by atomic mass is 16.3. The van der Waals surface area contributed by atoms with E-state index in [1.807, 2.05) is 14.1 Å². The van der Waals surface area contributed by atoms with Crippen LogP contribution in [0, 0.1) is 23.2 Å². The van der Waals surface area contributed by atoms with Gasteiger partial charge in [-0.25, -0.2) is 0 Å². The summed E-state index contributed by atoms with van der Waals surface area (Å²) >= 11 is 0. The summed E-state index contributed by atoms with van der Waals surface area (Å²) in [7, 11) is 3.75. The van der Waals surface area contributed by atoms with Gasteiger partial charge in [-0.1, -0.05) is 38.0 Å². The highest BCUT2D eigenvalue weighted by Gasteiger charge is 2.56. The van der Waals surface area contributed by atoms with Crippen molar-refractivity contribution in [3.8, 4) is 0 Å². The number of hydrogen-bond acceptors (Lipinski definition) is 3. The maximum Gasteiger partial charge on any atom is 0.0927 e. The molecule has 142 valence electrons. The van der Waals surface area contributed by atoms with Gasteiger partial charge >= 0.3 is 0 Å². The number of rotatable bonds is 0. The summed E-state index contributed by atoms with van der Waals surface area (Å²) in [5.41, 5.74) is 2.23. The number of aliphatic hydroxyl groups excluding tert-OH is 1. The molecule has 0 aliphatic heterocycles. The Morgan fingerprint density at radius 2 is 1.84 bits per heavy atom. The molecule has 0 bridgehead atoms. The lowest BCUT2D eigenvalue weighted by atomic mass is 9.57. The van der Waals surface area contributed by atoms with Crippen molar-refractivity contribution < 1.29 is 10.2 Å². The van der Waals surface area contributed by atoms with Gasteiger partial charge in [0, 0.05) is 0 Å². The molecule has 0 saturated heterocycles. The predicted molar refractivity (Wildman–Crippen MR) is 103 cm³/mol. The molecule has 3 N–H and O–H groups in total. The Morgan fingerprint density at radius 3 is 2.56 bits per heavy atom. The zero-order valence-corrected chi connectivity index (χ0v) is 16.5. The molecule has 2 saturated carbocycles. The van der Waals surface area contributed by atoms with Crippen LogP contribution in [0.4, 0.5) is 0 Å². The molecule has 0 aromatic heterocycles. The van der Waals surface area contributed by atoms with Crippen LogP contribution < -0.4 is 5.32 Å². The summed E-state index contributed by atoms with van der Waals surface area (Å²) < 4.78 is 0. The quantitative estimate of drug-likeness (QED) is 0.624.